The highest BCUT2D eigenvalue weighted by Crippen LogP contribution is 2.25. The van der Waals surface area contributed by atoms with Crippen molar-refractivity contribution in [2.24, 2.45) is 5.73 Å². The molecule has 0 unspecified atom stereocenters. The second-order valence-corrected chi connectivity index (χ2v) is 6.41. The number of aromatic nitrogens is 3. The minimum atomic E-state index is -0.580. The maximum Gasteiger partial charge on any atom is 0.259 e. The van der Waals surface area contributed by atoms with Crippen LogP contribution in [0.2, 0.25) is 0 Å². The Morgan fingerprint density at radius 2 is 1.93 bits per heavy atom. The van der Waals surface area contributed by atoms with Crippen LogP contribution in [0, 0.1) is 5.95 Å². The topological polar surface area (TPSA) is 114 Å². The van der Waals surface area contributed by atoms with Crippen LogP contribution < -0.4 is 16.6 Å². The van der Waals surface area contributed by atoms with Crippen LogP contribution in [0.5, 0.6) is 0 Å². The second kappa shape index (κ2) is 7.51. The predicted molar refractivity (Wildman–Crippen MR) is 108 cm³/mol. The summed E-state index contributed by atoms with van der Waals surface area (Å²) < 4.78 is 13.2. The third kappa shape index (κ3) is 3.81. The number of hydrogen-bond donors (Lipinski definition) is 3. The summed E-state index contributed by atoms with van der Waals surface area (Å²) in [6.45, 7) is 0.376. The summed E-state index contributed by atoms with van der Waals surface area (Å²) in [5.41, 5.74) is 7.47. The summed E-state index contributed by atoms with van der Waals surface area (Å²) in [6, 6.07) is 13.2. The molecule has 0 atom stereocenters. The highest BCUT2D eigenvalue weighted by atomic mass is 19.1. The molecule has 0 aliphatic carbocycles. The number of halogens is 1. The lowest BCUT2D eigenvalue weighted by molar-refractivity contribution is 0.100. The first-order chi connectivity index (χ1) is 14.0. The van der Waals surface area contributed by atoms with Crippen molar-refractivity contribution >= 4 is 22.5 Å². The number of hydrogen-bond acceptors (Lipinski definition) is 5. The lowest BCUT2D eigenvalue weighted by atomic mass is 10.1. The molecule has 0 saturated heterocycles. The number of primary amides is 1. The molecule has 0 radical (unpaired) electrons. The number of nitrogens with zero attached hydrogens (tertiary/aromatic N) is 2. The Hall–Kier alpha value is -4.07. The van der Waals surface area contributed by atoms with Crippen LogP contribution in [0.3, 0.4) is 0 Å². The number of fused-ring (bicyclic) bond motifs is 1. The molecule has 8 heteroatoms. The van der Waals surface area contributed by atoms with Crippen molar-refractivity contribution in [2.75, 3.05) is 5.32 Å². The number of H-pyrrole nitrogens is 1. The zero-order valence-electron chi connectivity index (χ0n) is 15.1. The lowest BCUT2D eigenvalue weighted by Gasteiger charge is -2.11. The smallest absolute Gasteiger partial charge is 0.259 e. The highest BCUT2D eigenvalue weighted by Gasteiger charge is 2.11. The number of anilines is 1. The van der Waals surface area contributed by atoms with Gasteiger partial charge in [-0.05, 0) is 47.3 Å². The van der Waals surface area contributed by atoms with Crippen LogP contribution in [-0.4, -0.2) is 20.9 Å². The molecule has 0 saturated carbocycles. The van der Waals surface area contributed by atoms with Crippen LogP contribution >= 0.6 is 0 Å². The molecular formula is C21H16FN5O2. The van der Waals surface area contributed by atoms with Crippen LogP contribution in [0.1, 0.15) is 15.9 Å². The first-order valence-corrected chi connectivity index (χ1v) is 8.78. The van der Waals surface area contributed by atoms with E-state index in [1.54, 1.807) is 48.7 Å². The third-order valence-corrected chi connectivity index (χ3v) is 4.48. The number of pyridine rings is 3. The van der Waals surface area contributed by atoms with E-state index in [2.05, 4.69) is 20.3 Å². The van der Waals surface area contributed by atoms with E-state index in [1.165, 1.54) is 12.3 Å². The van der Waals surface area contributed by atoms with Gasteiger partial charge in [0.2, 0.25) is 11.9 Å². The minimum Gasteiger partial charge on any atom is -0.366 e. The van der Waals surface area contributed by atoms with Gasteiger partial charge >= 0.3 is 0 Å². The molecular weight excluding hydrogens is 373 g/mol. The van der Waals surface area contributed by atoms with Crippen LogP contribution in [0.25, 0.3) is 22.0 Å². The zero-order chi connectivity index (χ0) is 20.4. The molecule has 4 aromatic rings. The largest absolute Gasteiger partial charge is 0.366 e. The van der Waals surface area contributed by atoms with E-state index in [4.69, 9.17) is 5.73 Å². The fraction of sp³-hybridized carbons (Fsp3) is 0.0476. The summed E-state index contributed by atoms with van der Waals surface area (Å²) in [5.74, 6) is -0.685. The fourth-order valence-electron chi connectivity index (χ4n) is 2.99. The quantitative estimate of drug-likeness (QED) is 0.454. The number of nitrogens with one attached hydrogen (secondary N) is 2. The summed E-state index contributed by atoms with van der Waals surface area (Å²) in [5, 5.41) is 4.28. The monoisotopic (exact) mass is 389 g/mol. The van der Waals surface area contributed by atoms with Gasteiger partial charge in [-0.1, -0.05) is 12.1 Å². The Kier molecular flexibility index (Phi) is 4.74. The van der Waals surface area contributed by atoms with Gasteiger partial charge in [-0.15, -0.1) is 0 Å². The van der Waals surface area contributed by atoms with Crippen LogP contribution in [-0.2, 0) is 6.54 Å². The molecule has 0 bridgehead atoms. The average Bonchev–Trinajstić information content (AvgIpc) is 2.72. The van der Waals surface area contributed by atoms with Crippen molar-refractivity contribution in [3.05, 3.63) is 88.4 Å². The van der Waals surface area contributed by atoms with Crippen molar-refractivity contribution < 1.29 is 9.18 Å². The summed E-state index contributed by atoms with van der Waals surface area (Å²) in [7, 11) is 0. The molecule has 1 amide bonds. The van der Waals surface area contributed by atoms with Gasteiger partial charge in [0, 0.05) is 30.1 Å². The van der Waals surface area contributed by atoms with E-state index in [1.807, 2.05) is 0 Å². The Morgan fingerprint density at radius 1 is 1.14 bits per heavy atom. The van der Waals surface area contributed by atoms with Crippen molar-refractivity contribution in [3.8, 4) is 11.3 Å². The number of amides is 1. The Labute approximate surface area is 164 Å². The lowest BCUT2D eigenvalue weighted by Crippen LogP contribution is -2.12. The molecule has 1 aromatic carbocycles. The molecule has 0 spiro atoms. The molecule has 3 aromatic heterocycles. The van der Waals surface area contributed by atoms with E-state index in [0.29, 0.717) is 40.0 Å². The number of carbonyl (C=O) groups excluding carboxylic acids is 1. The molecule has 0 fully saturated rings. The molecule has 4 N–H and O–H groups in total. The maximum absolute atomic E-state index is 13.2. The first-order valence-electron chi connectivity index (χ1n) is 8.78. The SMILES string of the molecule is NC(=O)c1ccc(CNc2nc(-c3ccc(F)nc3)cc3cc[nH]c(=O)c23)cc1. The number of aromatic amines is 1. The number of carbonyl (C=O) groups is 1. The molecule has 7 nitrogen and oxygen atoms in total. The Balaban J connectivity index is 1.72. The third-order valence-electron chi connectivity index (χ3n) is 4.48. The normalized spacial score (nSPS) is 10.8. The highest BCUT2D eigenvalue weighted by molar-refractivity contribution is 5.94. The van der Waals surface area contributed by atoms with E-state index in [0.717, 1.165) is 5.56 Å². The van der Waals surface area contributed by atoms with Crippen molar-refractivity contribution in [2.45, 2.75) is 6.54 Å². The molecule has 29 heavy (non-hydrogen) atoms. The number of benzene rings is 1. The van der Waals surface area contributed by atoms with Gasteiger partial charge in [-0.2, -0.15) is 4.39 Å². The van der Waals surface area contributed by atoms with Gasteiger partial charge in [0.05, 0.1) is 11.1 Å². The first kappa shape index (κ1) is 18.3. The van der Waals surface area contributed by atoms with Gasteiger partial charge in [0.1, 0.15) is 5.82 Å². The molecule has 0 aliphatic heterocycles. The average molecular weight is 389 g/mol. The van der Waals surface area contributed by atoms with Crippen molar-refractivity contribution in [1.82, 2.24) is 15.0 Å². The van der Waals surface area contributed by atoms with Gasteiger partial charge < -0.3 is 16.0 Å². The van der Waals surface area contributed by atoms with Crippen molar-refractivity contribution in [1.29, 1.82) is 0 Å². The van der Waals surface area contributed by atoms with Gasteiger partial charge in [0.15, 0.2) is 0 Å². The van der Waals surface area contributed by atoms with E-state index in [9.17, 15) is 14.0 Å². The molecule has 144 valence electrons. The summed E-state index contributed by atoms with van der Waals surface area (Å²) in [6.07, 6.45) is 2.95. The minimum absolute atomic E-state index is 0.273. The van der Waals surface area contributed by atoms with Gasteiger partial charge in [-0.3, -0.25) is 9.59 Å². The number of rotatable bonds is 5. The second-order valence-electron chi connectivity index (χ2n) is 6.41. The van der Waals surface area contributed by atoms with E-state index < -0.39 is 11.9 Å². The summed E-state index contributed by atoms with van der Waals surface area (Å²) in [4.78, 5) is 34.4. The Bertz CT molecular complexity index is 1250. The molecule has 0 aliphatic rings. The predicted octanol–water partition coefficient (Wildman–Crippen LogP) is 2.84. The summed E-state index contributed by atoms with van der Waals surface area (Å²) >= 11 is 0. The maximum atomic E-state index is 13.2. The zero-order valence-corrected chi connectivity index (χ0v) is 15.1. The van der Waals surface area contributed by atoms with Crippen LogP contribution in [0.15, 0.2) is 65.7 Å². The fourth-order valence-corrected chi connectivity index (χ4v) is 2.99. The van der Waals surface area contributed by atoms with E-state index >= 15 is 0 Å². The molecule has 4 rings (SSSR count). The molecule has 3 heterocycles. The van der Waals surface area contributed by atoms with Gasteiger partial charge in [-0.25, -0.2) is 9.97 Å². The number of nitrogens with two attached hydrogens (primary N) is 1. The standard InChI is InChI=1S/C21H16FN5O2/c22-17-6-5-15(11-25-17)16-9-14-7-8-24-21(29)18(14)20(27-16)26-10-12-1-3-13(4-2-12)19(23)28/h1-9,11H,10H2,(H2,23,28)(H,24,29)(H,26,27). The van der Waals surface area contributed by atoms with E-state index in [-0.39, 0.29) is 5.56 Å². The van der Waals surface area contributed by atoms with Crippen molar-refractivity contribution in [3.63, 3.8) is 0 Å². The van der Waals surface area contributed by atoms with Gasteiger partial charge in [0.25, 0.3) is 5.56 Å². The Morgan fingerprint density at radius 3 is 2.62 bits per heavy atom. The van der Waals surface area contributed by atoms with Crippen LogP contribution in [0.4, 0.5) is 10.2 Å².